The Morgan fingerprint density at radius 3 is 2.89 bits per heavy atom. The second-order valence-corrected chi connectivity index (χ2v) is 8.51. The maximum atomic E-state index is 12.9. The highest BCUT2D eigenvalue weighted by atomic mass is 19.4. The minimum atomic E-state index is -4.97. The fourth-order valence-corrected chi connectivity index (χ4v) is 4.17. The molecule has 3 N–H and O–H groups in total. The van der Waals surface area contributed by atoms with E-state index in [1.807, 2.05) is 13.1 Å². The van der Waals surface area contributed by atoms with Gasteiger partial charge in [-0.1, -0.05) is 0 Å². The van der Waals surface area contributed by atoms with E-state index in [1.165, 1.54) is 6.07 Å². The van der Waals surface area contributed by atoms with E-state index >= 15 is 0 Å². The molecule has 0 unspecified atom stereocenters. The molecule has 4 heterocycles. The zero-order valence-corrected chi connectivity index (χ0v) is 18.7. The minimum absolute atomic E-state index is 0.146. The summed E-state index contributed by atoms with van der Waals surface area (Å²) in [5.74, 6) is -1.18. The molecule has 4 aromatic rings. The molecule has 1 saturated heterocycles. The molecular formula is C23H22F3N7O2. The van der Waals surface area contributed by atoms with Gasteiger partial charge in [0, 0.05) is 66.4 Å². The summed E-state index contributed by atoms with van der Waals surface area (Å²) >= 11 is 0. The summed E-state index contributed by atoms with van der Waals surface area (Å²) in [6.07, 6.45) is -0.0191. The van der Waals surface area contributed by atoms with Crippen LogP contribution in [0.3, 0.4) is 0 Å². The number of Topliss-reactive ketones (excluding diaryl/α,β-unsaturated/α-hetero) is 1. The van der Waals surface area contributed by atoms with Gasteiger partial charge >= 0.3 is 6.18 Å². The lowest BCUT2D eigenvalue weighted by atomic mass is 10.1. The number of β-amino-alcohol motifs (C(OH)–C–C–N with tert-alkyl or cyclic N) is 1. The molecule has 0 radical (unpaired) electrons. The van der Waals surface area contributed by atoms with Gasteiger partial charge in [-0.3, -0.25) is 9.69 Å². The van der Waals surface area contributed by atoms with Crippen molar-refractivity contribution in [3.63, 3.8) is 0 Å². The number of anilines is 2. The highest BCUT2D eigenvalue weighted by Crippen LogP contribution is 2.29. The highest BCUT2D eigenvalue weighted by Gasteiger charge is 2.40. The predicted octanol–water partition coefficient (Wildman–Crippen LogP) is 3.51. The first kappa shape index (κ1) is 23.0. The first-order valence-electron chi connectivity index (χ1n) is 11.0. The molecule has 5 rings (SSSR count). The SMILES string of the molecule is Cc1nn(-c2ccnc(Nc3ccc4[nH]cc(C(=O)C(F)(F)F)c4c3)n2)cc1CN1CC[C@@H](O)C1. The van der Waals surface area contributed by atoms with E-state index in [4.69, 9.17) is 0 Å². The molecule has 0 spiro atoms. The first-order valence-corrected chi connectivity index (χ1v) is 11.0. The van der Waals surface area contributed by atoms with E-state index in [0.29, 0.717) is 30.1 Å². The number of hydrogen-bond acceptors (Lipinski definition) is 7. The Bertz CT molecular complexity index is 1400. The largest absolute Gasteiger partial charge is 0.454 e. The third-order valence-corrected chi connectivity index (χ3v) is 5.96. The minimum Gasteiger partial charge on any atom is -0.392 e. The van der Waals surface area contributed by atoms with Crippen molar-refractivity contribution in [3.05, 3.63) is 59.7 Å². The zero-order chi connectivity index (χ0) is 24.7. The van der Waals surface area contributed by atoms with E-state index in [9.17, 15) is 23.1 Å². The van der Waals surface area contributed by atoms with Crippen LogP contribution in [0.5, 0.6) is 0 Å². The van der Waals surface area contributed by atoms with Crippen LogP contribution in [-0.2, 0) is 6.54 Å². The van der Waals surface area contributed by atoms with Crippen LogP contribution in [0, 0.1) is 6.92 Å². The summed E-state index contributed by atoms with van der Waals surface area (Å²) in [7, 11) is 0. The van der Waals surface area contributed by atoms with Gasteiger partial charge in [-0.05, 0) is 31.5 Å². The van der Waals surface area contributed by atoms with Gasteiger partial charge in [-0.15, -0.1) is 0 Å². The summed E-state index contributed by atoms with van der Waals surface area (Å²) in [6.45, 7) is 4.04. The van der Waals surface area contributed by atoms with Gasteiger partial charge in [0.05, 0.1) is 17.4 Å². The number of aromatic amines is 1. The number of nitrogens with one attached hydrogen (secondary N) is 2. The van der Waals surface area contributed by atoms with Gasteiger partial charge in [0.25, 0.3) is 5.78 Å². The summed E-state index contributed by atoms with van der Waals surface area (Å²) in [6, 6.07) is 6.36. The molecule has 12 heteroatoms. The van der Waals surface area contributed by atoms with Gasteiger partial charge in [0.2, 0.25) is 5.95 Å². The summed E-state index contributed by atoms with van der Waals surface area (Å²) in [5.41, 5.74) is 2.25. The molecular weight excluding hydrogens is 463 g/mol. The predicted molar refractivity (Wildman–Crippen MR) is 122 cm³/mol. The number of aliphatic hydroxyl groups is 1. The molecule has 0 bridgehead atoms. The van der Waals surface area contributed by atoms with E-state index in [-0.39, 0.29) is 17.4 Å². The number of likely N-dealkylation sites (tertiary alicyclic amines) is 1. The van der Waals surface area contributed by atoms with Crippen LogP contribution >= 0.6 is 0 Å². The van der Waals surface area contributed by atoms with Crippen LogP contribution in [-0.4, -0.2) is 65.9 Å². The van der Waals surface area contributed by atoms with Crippen LogP contribution in [0.1, 0.15) is 28.0 Å². The number of aliphatic hydroxyl groups excluding tert-OH is 1. The molecule has 1 aliphatic rings. The number of ketones is 1. The molecule has 1 atom stereocenters. The van der Waals surface area contributed by atoms with Gasteiger partial charge in [-0.25, -0.2) is 9.67 Å². The molecule has 0 amide bonds. The summed E-state index contributed by atoms with van der Waals surface area (Å²) < 4.78 is 40.4. The van der Waals surface area contributed by atoms with Crippen LogP contribution in [0.15, 0.2) is 42.9 Å². The number of benzene rings is 1. The van der Waals surface area contributed by atoms with Crippen molar-refractivity contribution in [2.24, 2.45) is 0 Å². The topological polar surface area (TPSA) is 112 Å². The lowest BCUT2D eigenvalue weighted by molar-refractivity contribution is -0.0884. The van der Waals surface area contributed by atoms with Crippen molar-refractivity contribution < 1.29 is 23.1 Å². The van der Waals surface area contributed by atoms with Crippen molar-refractivity contribution in [3.8, 4) is 5.82 Å². The third-order valence-electron chi connectivity index (χ3n) is 5.96. The smallest absolute Gasteiger partial charge is 0.392 e. The average Bonchev–Trinajstić information content (AvgIpc) is 3.52. The van der Waals surface area contributed by atoms with Crippen LogP contribution in [0.2, 0.25) is 0 Å². The number of rotatable bonds is 6. The average molecular weight is 485 g/mol. The fraction of sp³-hybridized carbons (Fsp3) is 0.304. The molecule has 0 saturated carbocycles. The normalized spacial score (nSPS) is 16.8. The zero-order valence-electron chi connectivity index (χ0n) is 18.7. The first-order chi connectivity index (χ1) is 16.7. The molecule has 0 aliphatic carbocycles. The van der Waals surface area contributed by atoms with Gasteiger partial charge in [0.1, 0.15) is 0 Å². The Kier molecular flexibility index (Phi) is 5.77. The number of alkyl halides is 3. The Labute approximate surface area is 197 Å². The van der Waals surface area contributed by atoms with Gasteiger partial charge < -0.3 is 15.4 Å². The summed E-state index contributed by atoms with van der Waals surface area (Å²) in [5, 5.41) is 17.4. The van der Waals surface area contributed by atoms with Crippen molar-refractivity contribution >= 4 is 28.3 Å². The lowest BCUT2D eigenvalue weighted by Gasteiger charge is -2.13. The Hall–Kier alpha value is -3.77. The van der Waals surface area contributed by atoms with E-state index in [1.54, 1.807) is 29.1 Å². The monoisotopic (exact) mass is 485 g/mol. The number of carbonyl (C=O) groups excluding carboxylic acids is 1. The second kappa shape index (κ2) is 8.78. The van der Waals surface area contributed by atoms with Gasteiger partial charge in [-0.2, -0.15) is 23.3 Å². The number of H-pyrrole nitrogens is 1. The number of aryl methyl sites for hydroxylation is 1. The molecule has 9 nitrogen and oxygen atoms in total. The van der Waals surface area contributed by atoms with Crippen molar-refractivity contribution in [1.29, 1.82) is 0 Å². The number of aromatic nitrogens is 5. The molecule has 1 aromatic carbocycles. The lowest BCUT2D eigenvalue weighted by Crippen LogP contribution is -2.22. The Morgan fingerprint density at radius 1 is 1.31 bits per heavy atom. The third kappa shape index (κ3) is 4.75. The second-order valence-electron chi connectivity index (χ2n) is 8.51. The number of halogens is 3. The Morgan fingerprint density at radius 2 is 2.14 bits per heavy atom. The Balaban J connectivity index is 1.37. The number of nitrogens with zero attached hydrogens (tertiary/aromatic N) is 5. The highest BCUT2D eigenvalue weighted by molar-refractivity contribution is 6.11. The van der Waals surface area contributed by atoms with Crippen LogP contribution < -0.4 is 5.32 Å². The number of hydrogen-bond donors (Lipinski definition) is 3. The van der Waals surface area contributed by atoms with Crippen LogP contribution in [0.4, 0.5) is 24.8 Å². The van der Waals surface area contributed by atoms with E-state index < -0.39 is 17.5 Å². The van der Waals surface area contributed by atoms with Crippen molar-refractivity contribution in [2.75, 3.05) is 18.4 Å². The fourth-order valence-electron chi connectivity index (χ4n) is 4.17. The maximum absolute atomic E-state index is 12.9. The van der Waals surface area contributed by atoms with Gasteiger partial charge in [0.15, 0.2) is 5.82 Å². The molecule has 35 heavy (non-hydrogen) atoms. The van der Waals surface area contributed by atoms with Crippen molar-refractivity contribution in [2.45, 2.75) is 32.2 Å². The standard InChI is InChI=1S/C23H22F3N7O2/c1-13-14(10-32-7-5-16(34)12-32)11-33(31-13)20-4-6-27-22(30-20)29-15-2-3-19-17(8-15)18(9-28-19)21(35)23(24,25)26/h2-4,6,8-9,11,16,28,34H,5,7,10,12H2,1H3,(H,27,29,30)/t16-/m1/s1. The molecule has 182 valence electrons. The number of fused-ring (bicyclic) bond motifs is 1. The summed E-state index contributed by atoms with van der Waals surface area (Å²) in [4.78, 5) is 25.3. The van der Waals surface area contributed by atoms with E-state index in [0.717, 1.165) is 30.4 Å². The maximum Gasteiger partial charge on any atom is 0.454 e. The van der Waals surface area contributed by atoms with E-state index in [2.05, 4.69) is 30.3 Å². The molecule has 1 fully saturated rings. The quantitative estimate of drug-likeness (QED) is 0.359. The number of carbonyl (C=O) groups is 1. The molecule has 3 aromatic heterocycles. The van der Waals surface area contributed by atoms with Crippen molar-refractivity contribution in [1.82, 2.24) is 29.6 Å². The van der Waals surface area contributed by atoms with Crippen LogP contribution in [0.25, 0.3) is 16.7 Å². The molecule has 1 aliphatic heterocycles.